The summed E-state index contributed by atoms with van der Waals surface area (Å²) in [5.74, 6) is -1.17. The molecule has 0 aliphatic rings. The second kappa shape index (κ2) is 5.49. The molecule has 0 radical (unpaired) electrons. The lowest BCUT2D eigenvalue weighted by atomic mass is 10.3. The minimum atomic E-state index is -1.17. The summed E-state index contributed by atoms with van der Waals surface area (Å²) in [7, 11) is 0. The molecule has 0 N–H and O–H groups in total. The monoisotopic (exact) mass is 280 g/mol. The van der Waals surface area contributed by atoms with Crippen LogP contribution in [0, 0.1) is 0 Å². The number of carbonyl (C=O) groups is 2. The van der Waals surface area contributed by atoms with E-state index in [-0.39, 0.29) is 11.5 Å². The van der Waals surface area contributed by atoms with Crippen LogP contribution in [0.3, 0.4) is 0 Å². The molecule has 94 valence electrons. The summed E-state index contributed by atoms with van der Waals surface area (Å²) in [6, 6.07) is 7.56. The maximum absolute atomic E-state index is 11.2. The quantitative estimate of drug-likeness (QED) is 0.853. The van der Waals surface area contributed by atoms with Gasteiger partial charge in [-0.05, 0) is 12.1 Å². The van der Waals surface area contributed by atoms with Crippen LogP contribution in [0.25, 0.3) is 10.2 Å². The molecule has 0 unspecified atom stereocenters. The Bertz CT molecular complexity index is 545. The van der Waals surface area contributed by atoms with Crippen LogP contribution in [0.15, 0.2) is 24.3 Å². The highest BCUT2D eigenvalue weighted by molar-refractivity contribution is 8.13. The molecule has 0 aliphatic carbocycles. The molecular weight excluding hydrogens is 270 g/mol. The van der Waals surface area contributed by atoms with E-state index in [1.54, 1.807) is 0 Å². The van der Waals surface area contributed by atoms with Crippen molar-refractivity contribution in [1.82, 2.24) is 4.98 Å². The van der Waals surface area contributed by atoms with E-state index in [1.807, 2.05) is 24.3 Å². The van der Waals surface area contributed by atoms with Gasteiger partial charge < -0.3 is 9.90 Å². The van der Waals surface area contributed by atoms with E-state index in [2.05, 4.69) is 4.98 Å². The Hall–Kier alpha value is -1.40. The number of para-hydroxylation sites is 1. The number of carboxylic acid groups (broad SMARTS) is 1. The van der Waals surface area contributed by atoms with Crippen molar-refractivity contribution in [3.05, 3.63) is 29.3 Å². The molecule has 0 aliphatic heterocycles. The Morgan fingerprint density at radius 3 is 2.78 bits per heavy atom. The summed E-state index contributed by atoms with van der Waals surface area (Å²) < 4.78 is 0.986. The highest BCUT2D eigenvalue weighted by Gasteiger charge is 2.19. The zero-order chi connectivity index (χ0) is 13.1. The fourth-order valence-corrected chi connectivity index (χ4v) is 3.57. The molecule has 2 aromatic rings. The lowest BCUT2D eigenvalue weighted by molar-refractivity contribution is -0.305. The van der Waals surface area contributed by atoms with Crippen molar-refractivity contribution in [3.63, 3.8) is 0 Å². The molecule has 0 bridgehead atoms. The topological polar surface area (TPSA) is 70.1 Å². The van der Waals surface area contributed by atoms with Gasteiger partial charge in [0, 0.05) is 19.3 Å². The largest absolute Gasteiger partial charge is 0.550 e. The summed E-state index contributed by atoms with van der Waals surface area (Å²) in [6.45, 7) is 1.42. The molecule has 0 spiro atoms. The van der Waals surface area contributed by atoms with E-state index in [0.717, 1.165) is 22.0 Å². The first kappa shape index (κ1) is 13.0. The van der Waals surface area contributed by atoms with Crippen molar-refractivity contribution in [2.45, 2.75) is 18.6 Å². The minimum absolute atomic E-state index is 0.125. The number of benzene rings is 1. The third kappa shape index (κ3) is 3.08. The smallest absolute Gasteiger partial charge is 0.186 e. The average Bonchev–Trinajstić information content (AvgIpc) is 2.70. The molecule has 0 amide bonds. The van der Waals surface area contributed by atoms with E-state index in [0.29, 0.717) is 5.01 Å². The predicted octanol–water partition coefficient (Wildman–Crippen LogP) is 1.76. The van der Waals surface area contributed by atoms with Crippen molar-refractivity contribution in [3.8, 4) is 0 Å². The van der Waals surface area contributed by atoms with E-state index >= 15 is 0 Å². The van der Waals surface area contributed by atoms with Gasteiger partial charge in [0.05, 0.1) is 15.5 Å². The number of nitrogens with zero attached hydrogens (tertiary/aromatic N) is 1. The standard InChI is InChI=1S/C12H11NO3S2/c1-7(14)17-10(6-11(15)16)12-13-8-4-2-3-5-9(8)18-12/h2-5,10H,6H2,1H3,(H,15,16)/p-1/t10-/m0/s1. The number of hydrogen-bond donors (Lipinski definition) is 0. The van der Waals surface area contributed by atoms with Crippen LogP contribution in [-0.2, 0) is 9.59 Å². The molecular formula is C12H10NO3S2-. The van der Waals surface area contributed by atoms with E-state index in [4.69, 9.17) is 0 Å². The normalized spacial score (nSPS) is 12.5. The summed E-state index contributed by atoms with van der Waals surface area (Å²) in [4.78, 5) is 26.2. The van der Waals surface area contributed by atoms with Gasteiger partial charge in [0.1, 0.15) is 5.01 Å². The van der Waals surface area contributed by atoms with E-state index in [9.17, 15) is 14.7 Å². The predicted molar refractivity (Wildman–Crippen MR) is 70.3 cm³/mol. The first-order valence-corrected chi connectivity index (χ1v) is 6.98. The molecule has 6 heteroatoms. The Morgan fingerprint density at radius 1 is 1.44 bits per heavy atom. The number of carbonyl (C=O) groups excluding carboxylic acids is 2. The number of fused-ring (bicyclic) bond motifs is 1. The second-order valence-corrected chi connectivity index (χ2v) is 6.14. The number of rotatable bonds is 4. The first-order valence-electron chi connectivity index (χ1n) is 5.29. The van der Waals surface area contributed by atoms with Crippen LogP contribution in [-0.4, -0.2) is 16.1 Å². The second-order valence-electron chi connectivity index (χ2n) is 3.69. The fourth-order valence-electron chi connectivity index (χ4n) is 1.56. The number of hydrogen-bond acceptors (Lipinski definition) is 6. The summed E-state index contributed by atoms with van der Waals surface area (Å²) >= 11 is 2.40. The maximum atomic E-state index is 11.2. The molecule has 1 atom stereocenters. The number of thiazole rings is 1. The minimum Gasteiger partial charge on any atom is -0.550 e. The van der Waals surface area contributed by atoms with Gasteiger partial charge in [0.15, 0.2) is 5.12 Å². The Balaban J connectivity index is 2.33. The fraction of sp³-hybridized carbons (Fsp3) is 0.250. The number of aliphatic carboxylic acids is 1. The van der Waals surface area contributed by atoms with Crippen LogP contribution in [0.4, 0.5) is 0 Å². The molecule has 0 fully saturated rings. The molecule has 0 saturated carbocycles. The number of thioether (sulfide) groups is 1. The molecule has 0 saturated heterocycles. The third-order valence-electron chi connectivity index (χ3n) is 2.25. The average molecular weight is 280 g/mol. The van der Waals surface area contributed by atoms with Gasteiger partial charge in [-0.15, -0.1) is 11.3 Å². The number of aromatic nitrogens is 1. The number of carboxylic acids is 1. The van der Waals surface area contributed by atoms with Gasteiger partial charge in [0.2, 0.25) is 0 Å². The Morgan fingerprint density at radius 2 is 2.17 bits per heavy atom. The molecule has 1 aromatic heterocycles. The van der Waals surface area contributed by atoms with Gasteiger partial charge in [-0.1, -0.05) is 23.9 Å². The molecule has 2 rings (SSSR count). The molecule has 1 aromatic carbocycles. The van der Waals surface area contributed by atoms with E-state index in [1.165, 1.54) is 18.3 Å². The van der Waals surface area contributed by atoms with Crippen molar-refractivity contribution in [2.75, 3.05) is 0 Å². The van der Waals surface area contributed by atoms with E-state index < -0.39 is 11.2 Å². The Labute approximate surface area is 112 Å². The molecule has 4 nitrogen and oxygen atoms in total. The van der Waals surface area contributed by atoms with Crippen LogP contribution in [0.2, 0.25) is 0 Å². The van der Waals surface area contributed by atoms with Crippen molar-refractivity contribution < 1.29 is 14.7 Å². The Kier molecular flexibility index (Phi) is 3.98. The van der Waals surface area contributed by atoms with Crippen LogP contribution < -0.4 is 5.11 Å². The van der Waals surface area contributed by atoms with Gasteiger partial charge >= 0.3 is 0 Å². The van der Waals surface area contributed by atoms with Crippen LogP contribution in [0.5, 0.6) is 0 Å². The lowest BCUT2D eigenvalue weighted by Gasteiger charge is -2.12. The maximum Gasteiger partial charge on any atom is 0.186 e. The van der Waals surface area contributed by atoms with Crippen molar-refractivity contribution in [1.29, 1.82) is 0 Å². The molecule has 1 heterocycles. The summed E-state index contributed by atoms with van der Waals surface area (Å²) in [6.07, 6.45) is -0.204. The van der Waals surface area contributed by atoms with Crippen molar-refractivity contribution in [2.24, 2.45) is 0 Å². The first-order chi connectivity index (χ1) is 8.56. The highest BCUT2D eigenvalue weighted by atomic mass is 32.2. The lowest BCUT2D eigenvalue weighted by Crippen LogP contribution is -2.24. The van der Waals surface area contributed by atoms with Crippen molar-refractivity contribution >= 4 is 44.4 Å². The summed E-state index contributed by atoms with van der Waals surface area (Å²) in [5.41, 5.74) is 0.824. The third-order valence-corrected chi connectivity index (χ3v) is 4.55. The van der Waals surface area contributed by atoms with Crippen LogP contribution in [0.1, 0.15) is 23.6 Å². The van der Waals surface area contributed by atoms with Gasteiger partial charge in [-0.25, -0.2) is 4.98 Å². The van der Waals surface area contributed by atoms with Gasteiger partial charge in [0.25, 0.3) is 0 Å². The van der Waals surface area contributed by atoms with Gasteiger partial charge in [-0.3, -0.25) is 4.79 Å². The highest BCUT2D eigenvalue weighted by Crippen LogP contribution is 2.36. The van der Waals surface area contributed by atoms with Crippen LogP contribution >= 0.6 is 23.1 Å². The summed E-state index contributed by atoms with van der Waals surface area (Å²) in [5, 5.41) is 10.8. The zero-order valence-electron chi connectivity index (χ0n) is 9.58. The molecule has 18 heavy (non-hydrogen) atoms. The zero-order valence-corrected chi connectivity index (χ0v) is 11.2. The SMILES string of the molecule is CC(=O)S[C@@H](CC(=O)[O-])c1nc2ccccc2s1. The van der Waals surface area contributed by atoms with Gasteiger partial charge in [-0.2, -0.15) is 0 Å².